The Hall–Kier alpha value is -2.87. The molecule has 124 valence electrons. The first-order chi connectivity index (χ1) is 11.5. The fraction of sp³-hybridized carbons (Fsp3) is 0.188. The average Bonchev–Trinajstić information content (AvgIpc) is 3.23. The Morgan fingerprint density at radius 3 is 2.88 bits per heavy atom. The van der Waals surface area contributed by atoms with E-state index in [1.807, 2.05) is 17.5 Å². The van der Waals surface area contributed by atoms with E-state index in [-0.39, 0.29) is 23.8 Å². The molecule has 0 aliphatic carbocycles. The van der Waals surface area contributed by atoms with E-state index in [2.05, 4.69) is 5.43 Å². The van der Waals surface area contributed by atoms with Crippen molar-refractivity contribution in [3.8, 4) is 5.75 Å². The highest BCUT2D eigenvalue weighted by atomic mass is 32.1. The van der Waals surface area contributed by atoms with E-state index in [4.69, 9.17) is 0 Å². The summed E-state index contributed by atoms with van der Waals surface area (Å²) in [5.41, 5.74) is 3.96. The summed E-state index contributed by atoms with van der Waals surface area (Å²) in [6, 6.07) is 7.00. The van der Waals surface area contributed by atoms with Crippen molar-refractivity contribution in [2.75, 3.05) is 0 Å². The SMILES string of the molecule is CCC(=O)N1NC(c2cccs2)=C[C@@H]1c1cc([N+](=O)[O-])ccc1O. The number of hydrogen-bond acceptors (Lipinski definition) is 6. The molecular weight excluding hydrogens is 330 g/mol. The number of hydrogen-bond donors (Lipinski definition) is 2. The van der Waals surface area contributed by atoms with Crippen LogP contribution < -0.4 is 5.43 Å². The molecule has 24 heavy (non-hydrogen) atoms. The molecule has 0 spiro atoms. The second-order valence-electron chi connectivity index (χ2n) is 5.23. The second-order valence-corrected chi connectivity index (χ2v) is 6.18. The van der Waals surface area contributed by atoms with Gasteiger partial charge in [0.05, 0.1) is 15.5 Å². The Balaban J connectivity index is 2.06. The van der Waals surface area contributed by atoms with Gasteiger partial charge in [-0.25, -0.2) is 5.01 Å². The third-order valence-electron chi connectivity index (χ3n) is 3.74. The van der Waals surface area contributed by atoms with Crippen molar-refractivity contribution in [3.63, 3.8) is 0 Å². The topological polar surface area (TPSA) is 95.7 Å². The monoisotopic (exact) mass is 345 g/mol. The van der Waals surface area contributed by atoms with Gasteiger partial charge in [0.15, 0.2) is 0 Å². The Bertz CT molecular complexity index is 817. The predicted octanol–water partition coefficient (Wildman–Crippen LogP) is 3.20. The van der Waals surface area contributed by atoms with Gasteiger partial charge in [-0.15, -0.1) is 11.3 Å². The summed E-state index contributed by atoms with van der Waals surface area (Å²) < 4.78 is 0. The summed E-state index contributed by atoms with van der Waals surface area (Å²) in [4.78, 5) is 23.7. The lowest BCUT2D eigenvalue weighted by Gasteiger charge is -2.25. The minimum atomic E-state index is -0.616. The molecule has 1 aliphatic rings. The van der Waals surface area contributed by atoms with E-state index in [9.17, 15) is 20.0 Å². The van der Waals surface area contributed by atoms with Gasteiger partial charge in [-0.2, -0.15) is 0 Å². The molecule has 2 aromatic rings. The van der Waals surface area contributed by atoms with Crippen LogP contribution in [-0.4, -0.2) is 20.9 Å². The molecule has 0 unspecified atom stereocenters. The highest BCUT2D eigenvalue weighted by Crippen LogP contribution is 2.38. The van der Waals surface area contributed by atoms with Crippen molar-refractivity contribution < 1.29 is 14.8 Å². The summed E-state index contributed by atoms with van der Waals surface area (Å²) in [6.07, 6.45) is 2.06. The van der Waals surface area contributed by atoms with Crippen molar-refractivity contribution in [2.24, 2.45) is 0 Å². The van der Waals surface area contributed by atoms with Crippen molar-refractivity contribution >= 4 is 28.6 Å². The minimum absolute atomic E-state index is 0.0926. The first-order valence-corrected chi connectivity index (χ1v) is 8.21. The number of aromatic hydroxyl groups is 1. The first kappa shape index (κ1) is 16.0. The van der Waals surface area contributed by atoms with Gasteiger partial charge in [0.25, 0.3) is 5.69 Å². The third kappa shape index (κ3) is 2.83. The number of hydrazine groups is 1. The molecule has 2 heterocycles. The molecule has 2 N–H and O–H groups in total. The molecule has 8 heteroatoms. The van der Waals surface area contributed by atoms with Gasteiger partial charge in [0.1, 0.15) is 11.8 Å². The maximum Gasteiger partial charge on any atom is 0.270 e. The molecule has 1 aromatic carbocycles. The number of rotatable bonds is 4. The standard InChI is InChI=1S/C16H15N3O4S/c1-2-16(21)18-13(9-12(17-18)15-4-3-7-24-15)11-8-10(19(22)23)5-6-14(11)20/h3-9,13,17,20H,2H2,1H3/t13-/m1/s1. The zero-order chi connectivity index (χ0) is 17.3. The van der Waals surface area contributed by atoms with Crippen molar-refractivity contribution in [3.05, 3.63) is 62.3 Å². The summed E-state index contributed by atoms with van der Waals surface area (Å²) in [7, 11) is 0. The third-order valence-corrected chi connectivity index (χ3v) is 4.65. The average molecular weight is 345 g/mol. The van der Waals surface area contributed by atoms with Crippen LogP contribution in [-0.2, 0) is 4.79 Å². The van der Waals surface area contributed by atoms with Crippen molar-refractivity contribution in [1.82, 2.24) is 10.4 Å². The number of non-ortho nitro benzene ring substituents is 1. The van der Waals surface area contributed by atoms with Crippen LogP contribution in [0.2, 0.25) is 0 Å². The maximum absolute atomic E-state index is 12.3. The van der Waals surface area contributed by atoms with Crippen LogP contribution in [0.3, 0.4) is 0 Å². The van der Waals surface area contributed by atoms with Crippen LogP contribution in [0.4, 0.5) is 5.69 Å². The fourth-order valence-electron chi connectivity index (χ4n) is 2.55. The lowest BCUT2D eigenvalue weighted by Crippen LogP contribution is -2.39. The van der Waals surface area contributed by atoms with E-state index in [0.29, 0.717) is 5.56 Å². The van der Waals surface area contributed by atoms with Gasteiger partial charge in [0, 0.05) is 24.1 Å². The summed E-state index contributed by atoms with van der Waals surface area (Å²) in [5, 5.41) is 24.5. The summed E-state index contributed by atoms with van der Waals surface area (Å²) >= 11 is 1.51. The Kier molecular flexibility index (Phi) is 4.22. The highest BCUT2D eigenvalue weighted by molar-refractivity contribution is 7.11. The van der Waals surface area contributed by atoms with E-state index >= 15 is 0 Å². The van der Waals surface area contributed by atoms with Crippen LogP contribution in [0.5, 0.6) is 5.75 Å². The van der Waals surface area contributed by atoms with Crippen LogP contribution in [0, 0.1) is 10.1 Å². The zero-order valence-corrected chi connectivity index (χ0v) is 13.6. The predicted molar refractivity (Wildman–Crippen MR) is 90.1 cm³/mol. The Morgan fingerprint density at radius 1 is 1.46 bits per heavy atom. The van der Waals surface area contributed by atoms with E-state index in [1.165, 1.54) is 34.5 Å². The number of nitrogens with zero attached hydrogens (tertiary/aromatic N) is 2. The number of nitro benzene ring substituents is 1. The van der Waals surface area contributed by atoms with E-state index in [1.54, 1.807) is 13.0 Å². The Labute approximate surface area is 142 Å². The quantitative estimate of drug-likeness (QED) is 0.655. The highest BCUT2D eigenvalue weighted by Gasteiger charge is 2.32. The number of nitro groups is 1. The minimum Gasteiger partial charge on any atom is -0.508 e. The molecule has 0 saturated carbocycles. The number of amides is 1. The molecule has 0 fully saturated rings. The maximum atomic E-state index is 12.3. The van der Waals surface area contributed by atoms with Crippen LogP contribution >= 0.6 is 11.3 Å². The molecule has 0 saturated heterocycles. The van der Waals surface area contributed by atoms with Crippen molar-refractivity contribution in [1.29, 1.82) is 0 Å². The first-order valence-electron chi connectivity index (χ1n) is 7.33. The largest absolute Gasteiger partial charge is 0.508 e. The lowest BCUT2D eigenvalue weighted by atomic mass is 10.0. The molecule has 3 rings (SSSR count). The zero-order valence-electron chi connectivity index (χ0n) is 12.8. The van der Waals surface area contributed by atoms with Gasteiger partial charge in [-0.1, -0.05) is 13.0 Å². The second kappa shape index (κ2) is 6.32. The molecule has 1 amide bonds. The fourth-order valence-corrected chi connectivity index (χ4v) is 3.25. The van der Waals surface area contributed by atoms with Crippen molar-refractivity contribution in [2.45, 2.75) is 19.4 Å². The molecule has 7 nitrogen and oxygen atoms in total. The molecular formula is C16H15N3O4S. The van der Waals surface area contributed by atoms with Crippen LogP contribution in [0.1, 0.15) is 29.8 Å². The molecule has 0 bridgehead atoms. The molecule has 0 radical (unpaired) electrons. The normalized spacial score (nSPS) is 16.6. The van der Waals surface area contributed by atoms with Gasteiger partial charge in [0.2, 0.25) is 5.91 Å². The van der Waals surface area contributed by atoms with Gasteiger partial charge >= 0.3 is 0 Å². The Morgan fingerprint density at radius 2 is 2.25 bits per heavy atom. The summed E-state index contributed by atoms with van der Waals surface area (Å²) in [6.45, 7) is 1.73. The van der Waals surface area contributed by atoms with Gasteiger partial charge < -0.3 is 5.11 Å². The van der Waals surface area contributed by atoms with Gasteiger partial charge in [-0.05, 0) is 23.6 Å². The smallest absolute Gasteiger partial charge is 0.270 e. The number of phenols is 1. The lowest BCUT2D eigenvalue weighted by molar-refractivity contribution is -0.385. The van der Waals surface area contributed by atoms with E-state index in [0.717, 1.165) is 10.6 Å². The van der Waals surface area contributed by atoms with Crippen LogP contribution in [0.25, 0.3) is 5.70 Å². The number of carbonyl (C=O) groups is 1. The summed E-state index contributed by atoms with van der Waals surface area (Å²) in [5.74, 6) is -0.265. The van der Waals surface area contributed by atoms with Crippen LogP contribution in [0.15, 0.2) is 41.8 Å². The number of carbonyl (C=O) groups excluding carboxylic acids is 1. The molecule has 1 aliphatic heterocycles. The number of benzene rings is 1. The molecule has 1 atom stereocenters. The van der Waals surface area contributed by atoms with Gasteiger partial charge in [-0.3, -0.25) is 20.3 Å². The number of thiophene rings is 1. The molecule has 1 aromatic heterocycles. The van der Waals surface area contributed by atoms with E-state index < -0.39 is 11.0 Å². The number of nitrogens with one attached hydrogen (secondary N) is 1. The number of phenolic OH excluding ortho intramolecular Hbond substituents is 1.